The molecule has 0 bridgehead atoms. The third-order valence-electron chi connectivity index (χ3n) is 3.18. The van der Waals surface area contributed by atoms with Crippen LogP contribution in [0.5, 0.6) is 5.75 Å². The third-order valence-corrected chi connectivity index (χ3v) is 3.48. The van der Waals surface area contributed by atoms with Gasteiger partial charge in [-0.05, 0) is 49.4 Å². The van der Waals surface area contributed by atoms with Gasteiger partial charge in [0, 0.05) is 18.3 Å². The average molecular weight is 290 g/mol. The van der Waals surface area contributed by atoms with Crippen LogP contribution in [0.15, 0.2) is 42.5 Å². The summed E-state index contributed by atoms with van der Waals surface area (Å²) in [5.74, 6) is 0.811. The maximum absolute atomic E-state index is 11.3. The Balaban J connectivity index is 2.32. The topological polar surface area (TPSA) is 29.5 Å². The number of halogens is 1. The number of benzene rings is 2. The number of nitrogens with zero attached hydrogens (tertiary/aromatic N) is 1. The minimum atomic E-state index is 0.00514. The fourth-order valence-electron chi connectivity index (χ4n) is 1.94. The van der Waals surface area contributed by atoms with E-state index in [4.69, 9.17) is 16.3 Å². The van der Waals surface area contributed by atoms with Crippen molar-refractivity contribution in [2.45, 2.75) is 6.92 Å². The molecule has 0 aromatic heterocycles. The molecule has 0 saturated carbocycles. The molecule has 0 fully saturated rings. The summed E-state index contributed by atoms with van der Waals surface area (Å²) in [6.07, 6.45) is 0. The van der Waals surface area contributed by atoms with Crippen molar-refractivity contribution in [3.63, 3.8) is 0 Å². The molecule has 0 aliphatic carbocycles. The molecule has 2 aromatic rings. The number of hydrogen-bond acceptors (Lipinski definition) is 3. The maximum Gasteiger partial charge on any atom is 0.159 e. The second kappa shape index (κ2) is 5.97. The predicted molar refractivity (Wildman–Crippen MR) is 82.5 cm³/mol. The smallest absolute Gasteiger partial charge is 0.159 e. The summed E-state index contributed by atoms with van der Waals surface area (Å²) in [4.78, 5) is 13.3. The zero-order valence-electron chi connectivity index (χ0n) is 11.7. The highest BCUT2D eigenvalue weighted by Crippen LogP contribution is 2.32. The Labute approximate surface area is 123 Å². The highest BCUT2D eigenvalue weighted by atomic mass is 35.5. The van der Waals surface area contributed by atoms with Gasteiger partial charge in [-0.1, -0.05) is 11.6 Å². The van der Waals surface area contributed by atoms with Crippen LogP contribution in [-0.2, 0) is 0 Å². The van der Waals surface area contributed by atoms with E-state index >= 15 is 0 Å². The van der Waals surface area contributed by atoms with Gasteiger partial charge in [-0.15, -0.1) is 0 Å². The van der Waals surface area contributed by atoms with Crippen molar-refractivity contribution in [2.75, 3.05) is 19.1 Å². The van der Waals surface area contributed by atoms with E-state index in [1.807, 2.05) is 42.3 Å². The molecule has 2 aromatic carbocycles. The van der Waals surface area contributed by atoms with E-state index in [-0.39, 0.29) is 5.78 Å². The molecule has 3 nitrogen and oxygen atoms in total. The summed E-state index contributed by atoms with van der Waals surface area (Å²) in [5.41, 5.74) is 2.45. The molecule has 20 heavy (non-hydrogen) atoms. The molecule has 0 atom stereocenters. The lowest BCUT2D eigenvalue weighted by atomic mass is 10.1. The lowest BCUT2D eigenvalue weighted by Gasteiger charge is -2.21. The summed E-state index contributed by atoms with van der Waals surface area (Å²) in [6, 6.07) is 13.0. The maximum atomic E-state index is 11.3. The Bertz CT molecular complexity index is 623. The molecule has 0 radical (unpaired) electrons. The molecule has 0 N–H and O–H groups in total. The molecule has 0 spiro atoms. The van der Waals surface area contributed by atoms with Crippen molar-refractivity contribution < 1.29 is 9.53 Å². The normalized spacial score (nSPS) is 10.2. The van der Waals surface area contributed by atoms with Gasteiger partial charge < -0.3 is 9.64 Å². The quantitative estimate of drug-likeness (QED) is 0.785. The zero-order chi connectivity index (χ0) is 14.7. The van der Waals surface area contributed by atoms with E-state index in [1.54, 1.807) is 19.2 Å². The first-order valence-electron chi connectivity index (χ1n) is 6.21. The number of anilines is 2. The highest BCUT2D eigenvalue weighted by Gasteiger charge is 2.10. The van der Waals surface area contributed by atoms with Gasteiger partial charge in [0.15, 0.2) is 5.78 Å². The third kappa shape index (κ3) is 2.94. The van der Waals surface area contributed by atoms with Gasteiger partial charge in [-0.3, -0.25) is 4.79 Å². The first-order chi connectivity index (χ1) is 9.52. The van der Waals surface area contributed by atoms with Crippen molar-refractivity contribution in [1.82, 2.24) is 0 Å². The van der Waals surface area contributed by atoms with Crippen LogP contribution in [0.1, 0.15) is 17.3 Å². The minimum Gasteiger partial charge on any atom is -0.497 e. The van der Waals surface area contributed by atoms with Crippen LogP contribution in [-0.4, -0.2) is 19.9 Å². The Morgan fingerprint density at radius 2 is 1.80 bits per heavy atom. The first-order valence-corrected chi connectivity index (χ1v) is 6.59. The van der Waals surface area contributed by atoms with E-state index in [9.17, 15) is 4.79 Å². The van der Waals surface area contributed by atoms with E-state index in [0.717, 1.165) is 17.1 Å². The Morgan fingerprint density at radius 3 is 2.30 bits per heavy atom. The minimum absolute atomic E-state index is 0.00514. The van der Waals surface area contributed by atoms with Gasteiger partial charge in [0.1, 0.15) is 5.75 Å². The van der Waals surface area contributed by atoms with Crippen LogP contribution in [0.4, 0.5) is 11.4 Å². The Kier molecular flexibility index (Phi) is 4.30. The van der Waals surface area contributed by atoms with Gasteiger partial charge in [-0.25, -0.2) is 0 Å². The van der Waals surface area contributed by atoms with Gasteiger partial charge in [0.25, 0.3) is 0 Å². The van der Waals surface area contributed by atoms with Crippen LogP contribution in [0.3, 0.4) is 0 Å². The van der Waals surface area contributed by atoms with E-state index in [1.165, 1.54) is 6.92 Å². The molecule has 0 aliphatic rings. The lowest BCUT2D eigenvalue weighted by molar-refractivity contribution is 0.101. The molecule has 0 amide bonds. The number of Topliss-reactive ketones (excluding diaryl/α,β-unsaturated/α-hetero) is 1. The van der Waals surface area contributed by atoms with Crippen molar-refractivity contribution in [1.29, 1.82) is 0 Å². The van der Waals surface area contributed by atoms with Crippen molar-refractivity contribution >= 4 is 28.8 Å². The van der Waals surface area contributed by atoms with Crippen molar-refractivity contribution in [3.8, 4) is 5.75 Å². The summed E-state index contributed by atoms with van der Waals surface area (Å²) >= 11 is 6.26. The van der Waals surface area contributed by atoms with Gasteiger partial charge in [0.05, 0.1) is 17.8 Å². The molecule has 0 heterocycles. The zero-order valence-corrected chi connectivity index (χ0v) is 12.4. The fraction of sp³-hybridized carbons (Fsp3) is 0.188. The van der Waals surface area contributed by atoms with Crippen LogP contribution < -0.4 is 9.64 Å². The molecule has 0 saturated heterocycles. The van der Waals surface area contributed by atoms with E-state index in [2.05, 4.69) is 0 Å². The molecule has 104 valence electrons. The second-order valence-corrected chi connectivity index (χ2v) is 4.89. The average Bonchev–Trinajstić information content (AvgIpc) is 2.46. The van der Waals surface area contributed by atoms with Crippen molar-refractivity contribution in [2.24, 2.45) is 0 Å². The number of carbonyl (C=O) groups is 1. The van der Waals surface area contributed by atoms with Crippen molar-refractivity contribution in [3.05, 3.63) is 53.1 Å². The molecule has 2 rings (SSSR count). The first kappa shape index (κ1) is 14.4. The monoisotopic (exact) mass is 289 g/mol. The highest BCUT2D eigenvalue weighted by molar-refractivity contribution is 6.33. The molecule has 0 unspecified atom stereocenters. The van der Waals surface area contributed by atoms with Gasteiger partial charge in [-0.2, -0.15) is 0 Å². The summed E-state index contributed by atoms with van der Waals surface area (Å²) in [7, 11) is 3.56. The standard InChI is InChI=1S/C16H16ClNO2/c1-11(19)12-4-9-16(15(17)10-12)18(2)13-5-7-14(20-3)8-6-13/h4-10H,1-3H3. The van der Waals surface area contributed by atoms with Crippen LogP contribution in [0.25, 0.3) is 0 Å². The summed E-state index contributed by atoms with van der Waals surface area (Å²) in [6.45, 7) is 1.53. The van der Waals surface area contributed by atoms with E-state index < -0.39 is 0 Å². The van der Waals surface area contributed by atoms with Crippen LogP contribution in [0.2, 0.25) is 5.02 Å². The second-order valence-electron chi connectivity index (χ2n) is 4.48. The largest absolute Gasteiger partial charge is 0.497 e. The summed E-state index contributed by atoms with van der Waals surface area (Å²) in [5, 5.41) is 0.552. The molecular weight excluding hydrogens is 274 g/mol. The number of carbonyl (C=O) groups excluding carboxylic acids is 1. The van der Waals surface area contributed by atoms with Crippen LogP contribution in [0, 0.1) is 0 Å². The molecular formula is C16H16ClNO2. The summed E-state index contributed by atoms with van der Waals surface area (Å²) < 4.78 is 5.14. The number of ether oxygens (including phenoxy) is 1. The number of ketones is 1. The lowest BCUT2D eigenvalue weighted by Crippen LogP contribution is -2.10. The fourth-order valence-corrected chi connectivity index (χ4v) is 2.25. The number of rotatable bonds is 4. The SMILES string of the molecule is COc1ccc(N(C)c2ccc(C(C)=O)cc2Cl)cc1. The van der Waals surface area contributed by atoms with Gasteiger partial charge >= 0.3 is 0 Å². The van der Waals surface area contributed by atoms with E-state index in [0.29, 0.717) is 10.6 Å². The number of methoxy groups -OCH3 is 1. The molecule has 4 heteroatoms. The Hall–Kier alpha value is -2.00. The number of hydrogen-bond donors (Lipinski definition) is 0. The Morgan fingerprint density at radius 1 is 1.15 bits per heavy atom. The predicted octanol–water partition coefficient (Wildman–Crippen LogP) is 4.32. The van der Waals surface area contributed by atoms with Gasteiger partial charge in [0.2, 0.25) is 0 Å². The van der Waals surface area contributed by atoms with Crippen LogP contribution >= 0.6 is 11.6 Å². The molecule has 0 aliphatic heterocycles.